The van der Waals surface area contributed by atoms with Gasteiger partial charge in [0.15, 0.2) is 8.32 Å². The molecule has 0 aliphatic rings. The molecule has 1 aromatic heterocycles. The summed E-state index contributed by atoms with van der Waals surface area (Å²) in [6, 6.07) is 4.59. The van der Waals surface area contributed by atoms with Crippen molar-refractivity contribution < 1.29 is 13.0 Å². The summed E-state index contributed by atoms with van der Waals surface area (Å²) >= 11 is 3.33. The van der Waals surface area contributed by atoms with Crippen LogP contribution in [0.5, 0.6) is 0 Å². The van der Waals surface area contributed by atoms with Gasteiger partial charge in [-0.2, -0.15) is 0 Å². The lowest BCUT2D eigenvalue weighted by Crippen LogP contribution is -2.42. The molecule has 8 heteroatoms. The Bertz CT molecular complexity index is 647. The molecular weight excluding hydrogens is 447 g/mol. The maximum absolute atomic E-state index is 15.2. The highest BCUT2D eigenvalue weighted by Crippen LogP contribution is 2.37. The Morgan fingerprint density at radius 2 is 1.85 bits per heavy atom. The van der Waals surface area contributed by atoms with E-state index in [0.29, 0.717) is 16.9 Å². The van der Waals surface area contributed by atoms with Crippen LogP contribution < -0.4 is 4.72 Å². The highest BCUT2D eigenvalue weighted by atomic mass is 79.9. The monoisotopic (exact) mass is 480 g/mol. The first-order valence-corrected chi connectivity index (χ1v) is 14.1. The molecule has 3 atom stereocenters. The topological polar surface area (TPSA) is 51.2 Å². The largest absolute Gasteiger partial charge is 0.417 e. The molecule has 1 aromatic rings. The lowest BCUT2D eigenvalue weighted by atomic mass is 10.1. The van der Waals surface area contributed by atoms with Gasteiger partial charge in [0.05, 0.1) is 27.5 Å². The molecule has 156 valence electrons. The minimum Gasteiger partial charge on any atom is -0.417 e. The zero-order chi connectivity index (χ0) is 21.0. The summed E-state index contributed by atoms with van der Waals surface area (Å²) in [7, 11) is -3.34. The third-order valence-corrected chi connectivity index (χ3v) is 11.4. The molecule has 0 radical (unpaired) electrons. The Kier molecular flexibility index (Phi) is 8.81. The van der Waals surface area contributed by atoms with Gasteiger partial charge in [-0.1, -0.05) is 26.8 Å². The molecule has 0 aliphatic carbocycles. The normalized spacial score (nSPS) is 16.8. The number of alkyl halides is 1. The molecule has 0 saturated carbocycles. The van der Waals surface area contributed by atoms with Gasteiger partial charge >= 0.3 is 0 Å². The first-order valence-electron chi connectivity index (χ1n) is 9.24. The van der Waals surface area contributed by atoms with Gasteiger partial charge in [-0.15, -0.1) is 0 Å². The van der Waals surface area contributed by atoms with E-state index in [1.165, 1.54) is 0 Å². The molecular formula is C19H34BrFN2O2SSi. The molecule has 2 unspecified atom stereocenters. The van der Waals surface area contributed by atoms with E-state index >= 15 is 4.39 Å². The average Bonchev–Trinajstić information content (AvgIpc) is 2.49. The zero-order valence-corrected chi connectivity index (χ0v) is 21.1. The Labute approximate surface area is 175 Å². The van der Waals surface area contributed by atoms with Crippen molar-refractivity contribution in [2.45, 2.75) is 83.1 Å². The fourth-order valence-corrected chi connectivity index (χ4v) is 4.29. The molecule has 0 aliphatic heterocycles. The number of hydrogen-bond donors (Lipinski definition) is 1. The molecule has 1 N–H and O–H groups in total. The third-order valence-electron chi connectivity index (χ3n) is 4.87. The Hall–Kier alpha value is -0.153. The fourth-order valence-electron chi connectivity index (χ4n) is 2.02. The van der Waals surface area contributed by atoms with Gasteiger partial charge in [0, 0.05) is 13.0 Å². The maximum Gasteiger partial charge on any atom is 0.191 e. The van der Waals surface area contributed by atoms with Gasteiger partial charge in [-0.25, -0.2) is 18.3 Å². The second kappa shape index (κ2) is 9.56. The second-order valence-corrected chi connectivity index (χ2v) is 16.9. The first-order chi connectivity index (χ1) is 12.1. The van der Waals surface area contributed by atoms with Gasteiger partial charge in [0.25, 0.3) is 0 Å². The molecule has 0 amide bonds. The number of halogens is 2. The maximum atomic E-state index is 15.2. The van der Waals surface area contributed by atoms with Crippen LogP contribution in [-0.2, 0) is 15.4 Å². The van der Waals surface area contributed by atoms with Crippen molar-refractivity contribution in [2.24, 2.45) is 0 Å². The Balaban J connectivity index is 2.91. The SMILES string of the molecule is CC(C)(C)S(=O)N[C@@H](c1cccc(Br)n1)C(F)CCO[Si](C)(C)C(C)(C)C. The number of aromatic nitrogens is 1. The van der Waals surface area contributed by atoms with Crippen LogP contribution in [0.4, 0.5) is 4.39 Å². The summed E-state index contributed by atoms with van der Waals surface area (Å²) in [6.07, 6.45) is -1.04. The molecule has 27 heavy (non-hydrogen) atoms. The number of rotatable bonds is 8. The van der Waals surface area contributed by atoms with Crippen LogP contribution in [0.2, 0.25) is 18.1 Å². The predicted octanol–water partition coefficient (Wildman–Crippen LogP) is 5.69. The van der Waals surface area contributed by atoms with Crippen molar-refractivity contribution in [1.29, 1.82) is 0 Å². The third kappa shape index (κ3) is 7.65. The van der Waals surface area contributed by atoms with E-state index in [1.54, 1.807) is 18.2 Å². The van der Waals surface area contributed by atoms with E-state index in [0.717, 1.165) is 0 Å². The van der Waals surface area contributed by atoms with Crippen molar-refractivity contribution in [1.82, 2.24) is 9.71 Å². The van der Waals surface area contributed by atoms with E-state index < -0.39 is 36.3 Å². The summed E-state index contributed by atoms with van der Waals surface area (Å²) in [5.41, 5.74) is 0.529. The van der Waals surface area contributed by atoms with E-state index in [4.69, 9.17) is 4.43 Å². The van der Waals surface area contributed by atoms with Crippen molar-refractivity contribution in [3.05, 3.63) is 28.5 Å². The molecule has 0 spiro atoms. The van der Waals surface area contributed by atoms with Crippen LogP contribution in [0.25, 0.3) is 0 Å². The lowest BCUT2D eigenvalue weighted by molar-refractivity contribution is 0.193. The van der Waals surface area contributed by atoms with Crippen molar-refractivity contribution in [3.8, 4) is 0 Å². The predicted molar refractivity (Wildman–Crippen MR) is 118 cm³/mol. The number of hydrogen-bond acceptors (Lipinski definition) is 3. The van der Waals surface area contributed by atoms with Crippen LogP contribution >= 0.6 is 15.9 Å². The number of nitrogens with zero attached hydrogens (tertiary/aromatic N) is 1. The quantitative estimate of drug-likeness (QED) is 0.384. The van der Waals surface area contributed by atoms with Gasteiger partial charge in [0.1, 0.15) is 10.8 Å². The average molecular weight is 482 g/mol. The van der Waals surface area contributed by atoms with Crippen LogP contribution in [0.15, 0.2) is 22.8 Å². The van der Waals surface area contributed by atoms with Crippen molar-refractivity contribution in [3.63, 3.8) is 0 Å². The molecule has 1 rings (SSSR count). The fraction of sp³-hybridized carbons (Fsp3) is 0.737. The molecule has 0 fully saturated rings. The van der Waals surface area contributed by atoms with Gasteiger partial charge in [0.2, 0.25) is 0 Å². The summed E-state index contributed by atoms with van der Waals surface area (Å²) in [6.45, 7) is 16.7. The van der Waals surface area contributed by atoms with Crippen molar-refractivity contribution in [2.75, 3.05) is 6.61 Å². The van der Waals surface area contributed by atoms with E-state index in [-0.39, 0.29) is 11.5 Å². The highest BCUT2D eigenvalue weighted by molar-refractivity contribution is 9.10. The van der Waals surface area contributed by atoms with Gasteiger partial charge in [-0.05, 0) is 67.0 Å². The van der Waals surface area contributed by atoms with Crippen LogP contribution in [0, 0.1) is 0 Å². The minimum atomic E-state index is -1.93. The standard InChI is InChI=1S/C19H34BrFN2O2SSi/c1-18(2,3)26(24)23-17(15-10-9-11-16(20)22-15)14(21)12-13-25-27(7,8)19(4,5)6/h9-11,14,17,23H,12-13H2,1-8H3/t14?,17-,26?/m1/s1. The minimum absolute atomic E-state index is 0.0794. The Morgan fingerprint density at radius 1 is 1.26 bits per heavy atom. The molecule has 4 nitrogen and oxygen atoms in total. The van der Waals surface area contributed by atoms with Crippen molar-refractivity contribution >= 4 is 35.2 Å². The summed E-state index contributed by atoms with van der Waals surface area (Å²) in [5, 5.41) is 0.0794. The smallest absolute Gasteiger partial charge is 0.191 e. The summed E-state index contributed by atoms with van der Waals surface area (Å²) in [5.74, 6) is 0. The van der Waals surface area contributed by atoms with Crippen LogP contribution in [-0.4, -0.2) is 35.0 Å². The molecule has 0 saturated heterocycles. The highest BCUT2D eigenvalue weighted by Gasteiger charge is 2.37. The van der Waals surface area contributed by atoms with E-state index in [1.807, 2.05) is 20.8 Å². The van der Waals surface area contributed by atoms with Gasteiger partial charge in [-0.3, -0.25) is 0 Å². The zero-order valence-electron chi connectivity index (χ0n) is 17.7. The summed E-state index contributed by atoms with van der Waals surface area (Å²) in [4.78, 5) is 4.37. The van der Waals surface area contributed by atoms with E-state index in [2.05, 4.69) is 59.5 Å². The van der Waals surface area contributed by atoms with Crippen LogP contribution in [0.3, 0.4) is 0 Å². The lowest BCUT2D eigenvalue weighted by Gasteiger charge is -2.36. The second-order valence-electron chi connectivity index (χ2n) is 9.28. The Morgan fingerprint density at radius 3 is 2.33 bits per heavy atom. The van der Waals surface area contributed by atoms with Gasteiger partial charge < -0.3 is 4.43 Å². The number of nitrogens with one attached hydrogen (secondary N) is 1. The molecule has 0 bridgehead atoms. The first kappa shape index (κ1) is 24.9. The molecule has 1 heterocycles. The number of pyridine rings is 1. The summed E-state index contributed by atoms with van der Waals surface area (Å²) < 4.78 is 36.9. The molecule has 0 aromatic carbocycles. The van der Waals surface area contributed by atoms with Crippen LogP contribution in [0.1, 0.15) is 59.7 Å². The van der Waals surface area contributed by atoms with E-state index in [9.17, 15) is 4.21 Å².